The van der Waals surface area contributed by atoms with Crippen molar-refractivity contribution in [2.75, 3.05) is 18.0 Å². The van der Waals surface area contributed by atoms with Gasteiger partial charge in [0.1, 0.15) is 5.56 Å². The molecule has 0 aliphatic carbocycles. The van der Waals surface area contributed by atoms with Gasteiger partial charge >= 0.3 is 5.97 Å². The van der Waals surface area contributed by atoms with Gasteiger partial charge in [0.15, 0.2) is 0 Å². The first-order valence-electron chi connectivity index (χ1n) is 7.47. The van der Waals surface area contributed by atoms with Crippen molar-refractivity contribution < 1.29 is 9.90 Å². The summed E-state index contributed by atoms with van der Waals surface area (Å²) in [5.74, 6) is -0.886. The molecule has 0 spiro atoms. The van der Waals surface area contributed by atoms with Gasteiger partial charge in [-0.05, 0) is 32.8 Å². The van der Waals surface area contributed by atoms with Gasteiger partial charge in [0.25, 0.3) is 0 Å². The molecule has 1 rings (SSSR count). The Morgan fingerprint density at radius 1 is 1.20 bits per heavy atom. The maximum atomic E-state index is 11.5. The van der Waals surface area contributed by atoms with E-state index in [2.05, 4.69) is 23.7 Å². The molecule has 0 saturated carbocycles. The predicted octanol–water partition coefficient (Wildman–Crippen LogP) is 3.80. The Balaban J connectivity index is 3.18. The average molecular weight is 278 g/mol. The molecule has 0 fully saturated rings. The van der Waals surface area contributed by atoms with Crippen LogP contribution in [0.25, 0.3) is 0 Å². The van der Waals surface area contributed by atoms with Crippen molar-refractivity contribution in [2.45, 2.75) is 53.4 Å². The van der Waals surface area contributed by atoms with E-state index in [1.165, 1.54) is 0 Å². The summed E-state index contributed by atoms with van der Waals surface area (Å²) in [6.45, 7) is 9.80. The Labute approximate surface area is 121 Å². The molecule has 0 saturated heterocycles. The van der Waals surface area contributed by atoms with E-state index in [-0.39, 0.29) is 0 Å². The number of aromatic nitrogens is 1. The topological polar surface area (TPSA) is 53.4 Å². The van der Waals surface area contributed by atoms with Gasteiger partial charge in [-0.15, -0.1) is 0 Å². The largest absolute Gasteiger partial charge is 0.478 e. The Hall–Kier alpha value is -1.58. The lowest BCUT2D eigenvalue weighted by molar-refractivity contribution is 0.0696. The summed E-state index contributed by atoms with van der Waals surface area (Å²) in [7, 11) is 0. The molecule has 0 aliphatic heterocycles. The Morgan fingerprint density at radius 3 is 2.20 bits per heavy atom. The van der Waals surface area contributed by atoms with Crippen LogP contribution in [0.1, 0.15) is 61.3 Å². The number of carbonyl (C=O) groups is 1. The van der Waals surface area contributed by atoms with Gasteiger partial charge < -0.3 is 10.0 Å². The van der Waals surface area contributed by atoms with Gasteiger partial charge in [0.05, 0.1) is 11.4 Å². The second kappa shape index (κ2) is 7.88. The van der Waals surface area contributed by atoms with Crippen LogP contribution in [0.15, 0.2) is 6.07 Å². The second-order valence-electron chi connectivity index (χ2n) is 5.24. The molecule has 1 N–H and O–H groups in total. The fourth-order valence-electron chi connectivity index (χ4n) is 2.37. The molecule has 1 aromatic heterocycles. The monoisotopic (exact) mass is 278 g/mol. The molecule has 1 heterocycles. The summed E-state index contributed by atoms with van der Waals surface area (Å²) in [6.07, 6.45) is 4.36. The van der Waals surface area contributed by atoms with Gasteiger partial charge in [0.2, 0.25) is 0 Å². The predicted molar refractivity (Wildman–Crippen MR) is 82.7 cm³/mol. The standard InChI is InChI=1S/C16H26N2O2/c1-5-7-9-18(10-8-6-2)14-11-12(3)17-13(4)15(14)16(19)20/h11H,5-10H2,1-4H3,(H,19,20). The molecular formula is C16H26N2O2. The van der Waals surface area contributed by atoms with Gasteiger partial charge in [-0.1, -0.05) is 26.7 Å². The van der Waals surface area contributed by atoms with Crippen LogP contribution in [-0.2, 0) is 0 Å². The zero-order valence-corrected chi connectivity index (χ0v) is 13.1. The van der Waals surface area contributed by atoms with Crippen molar-refractivity contribution >= 4 is 11.7 Å². The normalized spacial score (nSPS) is 10.6. The average Bonchev–Trinajstić information content (AvgIpc) is 2.37. The van der Waals surface area contributed by atoms with Crippen LogP contribution in [0.3, 0.4) is 0 Å². The molecule has 0 radical (unpaired) electrons. The molecular weight excluding hydrogens is 252 g/mol. The van der Waals surface area contributed by atoms with Gasteiger partial charge in [0, 0.05) is 18.8 Å². The number of aromatic carboxylic acids is 1. The first-order chi connectivity index (χ1) is 9.51. The first kappa shape index (κ1) is 16.5. The molecule has 4 nitrogen and oxygen atoms in total. The van der Waals surface area contributed by atoms with Crippen LogP contribution >= 0.6 is 0 Å². The number of hydrogen-bond acceptors (Lipinski definition) is 3. The highest BCUT2D eigenvalue weighted by atomic mass is 16.4. The maximum Gasteiger partial charge on any atom is 0.339 e. The number of carboxylic acids is 1. The second-order valence-corrected chi connectivity index (χ2v) is 5.24. The third kappa shape index (κ3) is 4.22. The lowest BCUT2D eigenvalue weighted by atomic mass is 10.1. The van der Waals surface area contributed by atoms with Crippen LogP contribution < -0.4 is 4.90 Å². The molecule has 1 aromatic rings. The van der Waals surface area contributed by atoms with Crippen molar-refractivity contribution in [3.63, 3.8) is 0 Å². The molecule has 0 atom stereocenters. The van der Waals surface area contributed by atoms with Crippen LogP contribution in [0.5, 0.6) is 0 Å². The van der Waals surface area contributed by atoms with Crippen molar-refractivity contribution in [3.05, 3.63) is 23.0 Å². The summed E-state index contributed by atoms with van der Waals surface area (Å²) in [5.41, 5.74) is 2.65. The Kier molecular flexibility index (Phi) is 6.49. The van der Waals surface area contributed by atoms with E-state index in [4.69, 9.17) is 0 Å². The molecule has 20 heavy (non-hydrogen) atoms. The highest BCUT2D eigenvalue weighted by Crippen LogP contribution is 2.25. The fraction of sp³-hybridized carbons (Fsp3) is 0.625. The number of anilines is 1. The molecule has 0 amide bonds. The lowest BCUT2D eigenvalue weighted by Gasteiger charge is -2.27. The minimum atomic E-state index is -0.886. The van der Waals surface area contributed by atoms with Gasteiger partial charge in [-0.3, -0.25) is 4.98 Å². The minimum absolute atomic E-state index is 0.350. The zero-order chi connectivity index (χ0) is 15.1. The van der Waals surface area contributed by atoms with E-state index in [0.29, 0.717) is 11.3 Å². The van der Waals surface area contributed by atoms with Gasteiger partial charge in [-0.2, -0.15) is 0 Å². The molecule has 0 unspecified atom stereocenters. The number of hydrogen-bond donors (Lipinski definition) is 1. The van der Waals surface area contributed by atoms with Crippen LogP contribution in [0.2, 0.25) is 0 Å². The molecule has 0 bridgehead atoms. The van der Waals surface area contributed by atoms with E-state index in [0.717, 1.165) is 50.2 Å². The molecule has 0 aromatic carbocycles. The van der Waals surface area contributed by atoms with Crippen molar-refractivity contribution in [1.29, 1.82) is 0 Å². The van der Waals surface area contributed by atoms with Gasteiger partial charge in [-0.25, -0.2) is 4.79 Å². The van der Waals surface area contributed by atoms with Crippen molar-refractivity contribution in [2.24, 2.45) is 0 Å². The quantitative estimate of drug-likeness (QED) is 0.785. The summed E-state index contributed by atoms with van der Waals surface area (Å²) >= 11 is 0. The SMILES string of the molecule is CCCCN(CCCC)c1cc(C)nc(C)c1C(=O)O. The summed E-state index contributed by atoms with van der Waals surface area (Å²) in [5, 5.41) is 9.47. The number of aryl methyl sites for hydroxylation is 2. The number of pyridine rings is 1. The van der Waals surface area contributed by atoms with E-state index >= 15 is 0 Å². The van der Waals surface area contributed by atoms with Crippen LogP contribution in [0, 0.1) is 13.8 Å². The third-order valence-electron chi connectivity index (χ3n) is 3.43. The first-order valence-corrected chi connectivity index (χ1v) is 7.47. The van der Waals surface area contributed by atoms with Crippen molar-refractivity contribution in [3.8, 4) is 0 Å². The van der Waals surface area contributed by atoms with Crippen LogP contribution in [0.4, 0.5) is 5.69 Å². The highest BCUT2D eigenvalue weighted by molar-refractivity contribution is 5.95. The summed E-state index contributed by atoms with van der Waals surface area (Å²) in [6, 6.07) is 1.90. The summed E-state index contributed by atoms with van der Waals surface area (Å²) in [4.78, 5) is 18.0. The smallest absolute Gasteiger partial charge is 0.339 e. The Bertz CT molecular complexity index is 450. The number of unbranched alkanes of at least 4 members (excludes halogenated alkanes) is 2. The number of nitrogens with zero attached hydrogens (tertiary/aromatic N) is 2. The van der Waals surface area contributed by atoms with E-state index in [1.54, 1.807) is 6.92 Å². The lowest BCUT2D eigenvalue weighted by Crippen LogP contribution is -2.28. The summed E-state index contributed by atoms with van der Waals surface area (Å²) < 4.78 is 0. The Morgan fingerprint density at radius 2 is 1.75 bits per heavy atom. The number of rotatable bonds is 8. The zero-order valence-electron chi connectivity index (χ0n) is 13.1. The highest BCUT2D eigenvalue weighted by Gasteiger charge is 2.19. The van der Waals surface area contributed by atoms with Crippen LogP contribution in [-0.4, -0.2) is 29.1 Å². The maximum absolute atomic E-state index is 11.5. The fourth-order valence-corrected chi connectivity index (χ4v) is 2.37. The minimum Gasteiger partial charge on any atom is -0.478 e. The van der Waals surface area contributed by atoms with E-state index < -0.39 is 5.97 Å². The third-order valence-corrected chi connectivity index (χ3v) is 3.43. The van der Waals surface area contributed by atoms with Crippen molar-refractivity contribution in [1.82, 2.24) is 4.98 Å². The molecule has 0 aliphatic rings. The molecule has 112 valence electrons. The number of carboxylic acid groups (broad SMARTS) is 1. The van der Waals surface area contributed by atoms with E-state index in [9.17, 15) is 9.90 Å². The molecule has 4 heteroatoms. The van der Waals surface area contributed by atoms with E-state index in [1.807, 2.05) is 13.0 Å².